The van der Waals surface area contributed by atoms with Gasteiger partial charge in [0.15, 0.2) is 0 Å². The Hall–Kier alpha value is 0.910. The molecule has 1 N–H and O–H groups in total. The zero-order chi connectivity index (χ0) is 8.20. The van der Waals surface area contributed by atoms with Crippen molar-refractivity contribution in [1.29, 1.82) is 0 Å². The van der Waals surface area contributed by atoms with Crippen LogP contribution in [0.1, 0.15) is 0 Å². The summed E-state index contributed by atoms with van der Waals surface area (Å²) in [6.07, 6.45) is 0. The van der Waals surface area contributed by atoms with Crippen molar-refractivity contribution < 1.29 is 9.90 Å². The maximum Gasteiger partial charge on any atom is 0.312 e. The molecule has 0 bridgehead atoms. The summed E-state index contributed by atoms with van der Waals surface area (Å²) in [6.45, 7) is 0. The lowest BCUT2D eigenvalue weighted by Crippen LogP contribution is -2.36. The van der Waals surface area contributed by atoms with Gasteiger partial charge in [-0.25, -0.2) is 0 Å². The van der Waals surface area contributed by atoms with Crippen molar-refractivity contribution in [3.05, 3.63) is 0 Å². The second kappa shape index (κ2) is 4.72. The topological polar surface area (TPSA) is 37.3 Å². The highest BCUT2D eigenvalue weighted by molar-refractivity contribution is 9.10. The number of rotatable bonds is 4. The van der Waals surface area contributed by atoms with E-state index in [1.54, 1.807) is 0 Å². The van der Waals surface area contributed by atoms with E-state index in [0.29, 0.717) is 16.0 Å². The van der Waals surface area contributed by atoms with Gasteiger partial charge in [-0.15, -0.1) is 0 Å². The minimum Gasteiger partial charge on any atom is -0.481 e. The Morgan fingerprint density at radius 3 is 1.50 bits per heavy atom. The SMILES string of the molecule is O=C(O)C(CBr)(CBr)CBr. The van der Waals surface area contributed by atoms with Crippen LogP contribution in [0.4, 0.5) is 0 Å². The van der Waals surface area contributed by atoms with Crippen molar-refractivity contribution >= 4 is 53.8 Å². The normalized spacial score (nSPS) is 11.5. The van der Waals surface area contributed by atoms with E-state index >= 15 is 0 Å². The van der Waals surface area contributed by atoms with Crippen molar-refractivity contribution in [2.45, 2.75) is 0 Å². The number of halogens is 3. The molecule has 0 aliphatic rings. The smallest absolute Gasteiger partial charge is 0.312 e. The quantitative estimate of drug-likeness (QED) is 0.798. The Kier molecular flexibility index (Phi) is 5.15. The van der Waals surface area contributed by atoms with Crippen molar-refractivity contribution in [2.24, 2.45) is 5.41 Å². The predicted molar refractivity (Wildman–Crippen MR) is 51.5 cm³/mol. The Labute approximate surface area is 84.8 Å². The fourth-order valence-electron chi connectivity index (χ4n) is 0.279. The van der Waals surface area contributed by atoms with Crippen LogP contribution >= 0.6 is 47.8 Å². The predicted octanol–water partition coefficient (Wildman–Crippen LogP) is 2.24. The van der Waals surface area contributed by atoms with Gasteiger partial charge in [-0.1, -0.05) is 47.8 Å². The first-order chi connectivity index (χ1) is 4.63. The van der Waals surface area contributed by atoms with Crippen LogP contribution in [-0.2, 0) is 4.79 Å². The average molecular weight is 339 g/mol. The zero-order valence-electron chi connectivity index (χ0n) is 5.11. The molecule has 0 spiro atoms. The fourth-order valence-corrected chi connectivity index (χ4v) is 3.78. The minimum absolute atomic E-state index is 0.450. The van der Waals surface area contributed by atoms with E-state index in [1.165, 1.54) is 0 Å². The summed E-state index contributed by atoms with van der Waals surface area (Å²) in [4.78, 5) is 10.6. The van der Waals surface area contributed by atoms with Crippen LogP contribution in [0.3, 0.4) is 0 Å². The third-order valence-corrected chi connectivity index (χ3v) is 4.44. The number of aliphatic carboxylic acids is 1. The van der Waals surface area contributed by atoms with Crippen molar-refractivity contribution in [2.75, 3.05) is 16.0 Å². The molecule has 0 atom stereocenters. The van der Waals surface area contributed by atoms with Crippen LogP contribution < -0.4 is 0 Å². The molecule has 0 aromatic heterocycles. The van der Waals surface area contributed by atoms with Gasteiger partial charge in [0.1, 0.15) is 0 Å². The van der Waals surface area contributed by atoms with Crippen molar-refractivity contribution in [3.8, 4) is 0 Å². The van der Waals surface area contributed by atoms with Crippen LogP contribution in [0, 0.1) is 5.41 Å². The summed E-state index contributed by atoms with van der Waals surface area (Å²) in [5, 5.41) is 10.1. The molecule has 0 saturated carbocycles. The van der Waals surface area contributed by atoms with Gasteiger partial charge in [0.2, 0.25) is 0 Å². The van der Waals surface area contributed by atoms with E-state index in [4.69, 9.17) is 5.11 Å². The highest BCUT2D eigenvalue weighted by Crippen LogP contribution is 2.25. The summed E-state index contributed by atoms with van der Waals surface area (Å²) < 4.78 is 0. The molecule has 0 fully saturated rings. The number of carboxylic acids is 1. The van der Waals surface area contributed by atoms with Crippen LogP contribution in [-0.4, -0.2) is 27.1 Å². The Morgan fingerprint density at radius 1 is 1.20 bits per heavy atom. The highest BCUT2D eigenvalue weighted by Gasteiger charge is 2.35. The Morgan fingerprint density at radius 2 is 1.50 bits per heavy atom. The lowest BCUT2D eigenvalue weighted by molar-refractivity contribution is -0.144. The number of hydrogen-bond acceptors (Lipinski definition) is 1. The summed E-state index contributed by atoms with van der Waals surface area (Å²) in [5.41, 5.74) is -0.708. The Bertz CT molecular complexity index is 114. The van der Waals surface area contributed by atoms with E-state index in [9.17, 15) is 4.79 Å². The minimum atomic E-state index is -0.793. The van der Waals surface area contributed by atoms with Gasteiger partial charge in [0, 0.05) is 16.0 Å². The summed E-state index contributed by atoms with van der Waals surface area (Å²) in [5.74, 6) is -0.793. The third kappa shape index (κ3) is 2.20. The Balaban J connectivity index is 4.31. The second-order valence-electron chi connectivity index (χ2n) is 1.99. The van der Waals surface area contributed by atoms with Crippen LogP contribution in [0.5, 0.6) is 0 Å². The summed E-state index contributed by atoms with van der Waals surface area (Å²) in [7, 11) is 0. The lowest BCUT2D eigenvalue weighted by Gasteiger charge is -2.21. The van der Waals surface area contributed by atoms with Gasteiger partial charge >= 0.3 is 5.97 Å². The molecule has 0 aliphatic heterocycles. The molecule has 2 nitrogen and oxygen atoms in total. The van der Waals surface area contributed by atoms with Gasteiger partial charge < -0.3 is 5.11 Å². The molecule has 5 heteroatoms. The third-order valence-electron chi connectivity index (χ3n) is 1.22. The van der Waals surface area contributed by atoms with Gasteiger partial charge in [0.05, 0.1) is 5.41 Å². The highest BCUT2D eigenvalue weighted by atomic mass is 79.9. The first-order valence-corrected chi connectivity index (χ1v) is 5.90. The molecule has 0 heterocycles. The summed E-state index contributed by atoms with van der Waals surface area (Å²) in [6, 6.07) is 0. The average Bonchev–Trinajstić information content (AvgIpc) is 1.92. The van der Waals surface area contributed by atoms with Gasteiger partial charge in [-0.2, -0.15) is 0 Å². The molecule has 0 aromatic carbocycles. The molecule has 0 radical (unpaired) electrons. The van der Waals surface area contributed by atoms with Crippen molar-refractivity contribution in [1.82, 2.24) is 0 Å². The molecular weight excluding hydrogens is 332 g/mol. The fraction of sp³-hybridized carbons (Fsp3) is 0.800. The van der Waals surface area contributed by atoms with Gasteiger partial charge in [-0.05, 0) is 0 Å². The number of carbonyl (C=O) groups is 1. The van der Waals surface area contributed by atoms with E-state index in [2.05, 4.69) is 47.8 Å². The molecule has 10 heavy (non-hydrogen) atoms. The number of carboxylic acid groups (broad SMARTS) is 1. The molecular formula is C5H7Br3O2. The van der Waals surface area contributed by atoms with Crippen LogP contribution in [0.25, 0.3) is 0 Å². The number of hydrogen-bond donors (Lipinski definition) is 1. The second-order valence-corrected chi connectivity index (χ2v) is 3.67. The van der Waals surface area contributed by atoms with E-state index < -0.39 is 11.4 Å². The van der Waals surface area contributed by atoms with Gasteiger partial charge in [-0.3, -0.25) is 4.79 Å². The molecule has 0 saturated heterocycles. The molecule has 0 unspecified atom stereocenters. The standard InChI is InChI=1S/C5H7Br3O2/c6-1-5(2-7,3-8)4(9)10/h1-3H2,(H,9,10). The largest absolute Gasteiger partial charge is 0.481 e. The molecule has 60 valence electrons. The maximum atomic E-state index is 10.6. The summed E-state index contributed by atoms with van der Waals surface area (Å²) >= 11 is 9.46. The van der Waals surface area contributed by atoms with Crippen LogP contribution in [0.15, 0.2) is 0 Å². The maximum absolute atomic E-state index is 10.6. The first kappa shape index (κ1) is 10.9. The van der Waals surface area contributed by atoms with E-state index in [0.717, 1.165) is 0 Å². The van der Waals surface area contributed by atoms with Gasteiger partial charge in [0.25, 0.3) is 0 Å². The lowest BCUT2D eigenvalue weighted by atomic mass is 9.97. The zero-order valence-corrected chi connectivity index (χ0v) is 9.87. The molecule has 0 aromatic rings. The monoisotopic (exact) mass is 336 g/mol. The van der Waals surface area contributed by atoms with Crippen molar-refractivity contribution in [3.63, 3.8) is 0 Å². The first-order valence-electron chi connectivity index (χ1n) is 2.54. The molecule has 0 rings (SSSR count). The van der Waals surface area contributed by atoms with E-state index in [1.807, 2.05) is 0 Å². The molecule has 0 amide bonds. The molecule has 0 aliphatic carbocycles. The number of alkyl halides is 3. The van der Waals surface area contributed by atoms with E-state index in [-0.39, 0.29) is 0 Å². The van der Waals surface area contributed by atoms with Crippen LogP contribution in [0.2, 0.25) is 0 Å².